The van der Waals surface area contributed by atoms with Gasteiger partial charge in [0, 0.05) is 5.46 Å². The van der Waals surface area contributed by atoms with Crippen LogP contribution in [0.3, 0.4) is 0 Å². The van der Waals surface area contributed by atoms with Gasteiger partial charge in [0.05, 0.1) is 5.60 Å². The Bertz CT molecular complexity index is 700. The quantitative estimate of drug-likeness (QED) is 0.756. The monoisotopic (exact) mass is 318 g/mol. The van der Waals surface area contributed by atoms with Crippen LogP contribution in [-0.2, 0) is 5.60 Å². The van der Waals surface area contributed by atoms with Gasteiger partial charge in [0.1, 0.15) is 17.3 Å². The van der Waals surface area contributed by atoms with Crippen LogP contribution in [0.25, 0.3) is 0 Å². The standard InChI is InChI=1S/C17H20BFO4/c1-10-7-13(19)8-11(2)16(10)23-15-6-5-12(17(3,4)20)9-14(15)18(21)22/h5-9,20-22H,1-4H3. The van der Waals surface area contributed by atoms with Crippen molar-refractivity contribution in [1.82, 2.24) is 0 Å². The molecule has 0 amide bonds. The molecular weight excluding hydrogens is 298 g/mol. The van der Waals surface area contributed by atoms with Gasteiger partial charge in [0.2, 0.25) is 0 Å². The van der Waals surface area contributed by atoms with E-state index in [9.17, 15) is 19.5 Å². The molecule has 0 fully saturated rings. The molecule has 0 spiro atoms. The van der Waals surface area contributed by atoms with Gasteiger partial charge in [-0.05, 0) is 62.6 Å². The summed E-state index contributed by atoms with van der Waals surface area (Å²) in [5, 5.41) is 29.2. The Kier molecular flexibility index (Phi) is 4.80. The van der Waals surface area contributed by atoms with Crippen LogP contribution in [0.4, 0.5) is 4.39 Å². The van der Waals surface area contributed by atoms with Crippen LogP contribution in [-0.4, -0.2) is 22.3 Å². The number of hydrogen-bond acceptors (Lipinski definition) is 4. The first-order chi connectivity index (χ1) is 10.6. The summed E-state index contributed by atoms with van der Waals surface area (Å²) in [6.45, 7) is 6.63. The Morgan fingerprint density at radius 2 is 1.61 bits per heavy atom. The normalized spacial score (nSPS) is 11.5. The van der Waals surface area contributed by atoms with Crippen molar-refractivity contribution in [3.63, 3.8) is 0 Å². The summed E-state index contributed by atoms with van der Waals surface area (Å²) >= 11 is 0. The van der Waals surface area contributed by atoms with Crippen LogP contribution in [0.15, 0.2) is 30.3 Å². The minimum Gasteiger partial charge on any atom is -0.457 e. The SMILES string of the molecule is Cc1cc(F)cc(C)c1Oc1ccc(C(C)(C)O)cc1B(O)O. The van der Waals surface area contributed by atoms with Crippen LogP contribution in [0.5, 0.6) is 11.5 Å². The predicted molar refractivity (Wildman–Crippen MR) is 87.5 cm³/mol. The second kappa shape index (κ2) is 6.32. The minimum absolute atomic E-state index is 0.132. The van der Waals surface area contributed by atoms with Gasteiger partial charge in [-0.15, -0.1) is 0 Å². The Labute approximate surface area is 135 Å². The van der Waals surface area contributed by atoms with E-state index in [-0.39, 0.29) is 17.0 Å². The average Bonchev–Trinajstić information content (AvgIpc) is 2.41. The first-order valence-electron chi connectivity index (χ1n) is 7.27. The van der Waals surface area contributed by atoms with Crippen molar-refractivity contribution < 1.29 is 24.3 Å². The van der Waals surface area contributed by atoms with Crippen LogP contribution in [0.2, 0.25) is 0 Å². The number of hydrogen-bond donors (Lipinski definition) is 3. The third kappa shape index (κ3) is 3.90. The molecule has 6 heteroatoms. The number of rotatable bonds is 4. The van der Waals surface area contributed by atoms with Crippen LogP contribution < -0.4 is 10.2 Å². The fraction of sp³-hybridized carbons (Fsp3) is 0.294. The van der Waals surface area contributed by atoms with Crippen molar-refractivity contribution in [3.05, 3.63) is 52.8 Å². The van der Waals surface area contributed by atoms with E-state index in [1.807, 2.05) is 0 Å². The van der Waals surface area contributed by atoms with E-state index < -0.39 is 12.7 Å². The topological polar surface area (TPSA) is 69.9 Å². The average molecular weight is 318 g/mol. The molecular formula is C17H20BFO4. The molecule has 2 rings (SSSR count). The maximum Gasteiger partial charge on any atom is 0.492 e. The lowest BCUT2D eigenvalue weighted by Crippen LogP contribution is -2.33. The molecule has 0 unspecified atom stereocenters. The molecule has 0 radical (unpaired) electrons. The number of halogens is 1. The van der Waals surface area contributed by atoms with E-state index in [1.165, 1.54) is 18.2 Å². The van der Waals surface area contributed by atoms with E-state index in [0.717, 1.165) is 0 Å². The highest BCUT2D eigenvalue weighted by Crippen LogP contribution is 2.30. The predicted octanol–water partition coefficient (Wildman–Crippen LogP) is 2.14. The van der Waals surface area contributed by atoms with Gasteiger partial charge in [-0.25, -0.2) is 4.39 Å². The highest BCUT2D eigenvalue weighted by molar-refractivity contribution is 6.59. The van der Waals surface area contributed by atoms with E-state index in [1.54, 1.807) is 39.8 Å². The molecule has 0 saturated heterocycles. The second-order valence-corrected chi connectivity index (χ2v) is 6.16. The molecule has 2 aromatic carbocycles. The highest BCUT2D eigenvalue weighted by atomic mass is 19.1. The van der Waals surface area contributed by atoms with Crippen molar-refractivity contribution in [1.29, 1.82) is 0 Å². The first-order valence-corrected chi connectivity index (χ1v) is 7.27. The van der Waals surface area contributed by atoms with Gasteiger partial charge in [-0.3, -0.25) is 0 Å². The smallest absolute Gasteiger partial charge is 0.457 e. The summed E-state index contributed by atoms with van der Waals surface area (Å²) in [6.07, 6.45) is 0. The molecule has 0 aliphatic carbocycles. The molecule has 23 heavy (non-hydrogen) atoms. The summed E-state index contributed by atoms with van der Waals surface area (Å²) in [5.74, 6) is 0.349. The highest BCUT2D eigenvalue weighted by Gasteiger charge is 2.24. The molecule has 0 aliphatic rings. The molecule has 4 nitrogen and oxygen atoms in total. The van der Waals surface area contributed by atoms with Crippen LogP contribution in [0, 0.1) is 19.7 Å². The van der Waals surface area contributed by atoms with Gasteiger partial charge < -0.3 is 19.9 Å². The van der Waals surface area contributed by atoms with E-state index in [0.29, 0.717) is 22.4 Å². The molecule has 0 saturated carbocycles. The zero-order chi connectivity index (χ0) is 17.4. The van der Waals surface area contributed by atoms with Crippen molar-refractivity contribution in [2.45, 2.75) is 33.3 Å². The molecule has 0 aromatic heterocycles. The molecule has 0 bridgehead atoms. The van der Waals surface area contributed by atoms with Crippen molar-refractivity contribution >= 4 is 12.6 Å². The maximum absolute atomic E-state index is 13.4. The summed E-state index contributed by atoms with van der Waals surface area (Å²) in [7, 11) is -1.76. The summed E-state index contributed by atoms with van der Waals surface area (Å²) < 4.78 is 19.2. The lowest BCUT2D eigenvalue weighted by atomic mass is 9.77. The first kappa shape index (κ1) is 17.5. The fourth-order valence-corrected chi connectivity index (χ4v) is 2.39. The maximum atomic E-state index is 13.4. The van der Waals surface area contributed by atoms with Gasteiger partial charge in [0.15, 0.2) is 0 Å². The van der Waals surface area contributed by atoms with E-state index >= 15 is 0 Å². The molecule has 0 aliphatic heterocycles. The lowest BCUT2D eigenvalue weighted by Gasteiger charge is -2.21. The minimum atomic E-state index is -1.76. The fourth-order valence-electron chi connectivity index (χ4n) is 2.39. The molecule has 2 aromatic rings. The summed E-state index contributed by atoms with van der Waals surface area (Å²) in [5.41, 5.74) is 0.747. The third-order valence-electron chi connectivity index (χ3n) is 3.63. The third-order valence-corrected chi connectivity index (χ3v) is 3.63. The van der Waals surface area contributed by atoms with Crippen molar-refractivity contribution in [2.24, 2.45) is 0 Å². The van der Waals surface area contributed by atoms with Gasteiger partial charge in [-0.1, -0.05) is 12.1 Å². The number of benzene rings is 2. The zero-order valence-electron chi connectivity index (χ0n) is 13.6. The summed E-state index contributed by atoms with van der Waals surface area (Å²) in [4.78, 5) is 0. The number of aryl methyl sites for hydroxylation is 2. The zero-order valence-corrected chi connectivity index (χ0v) is 13.6. The Hall–Kier alpha value is -1.89. The van der Waals surface area contributed by atoms with Gasteiger partial charge in [-0.2, -0.15) is 0 Å². The van der Waals surface area contributed by atoms with Gasteiger partial charge >= 0.3 is 7.12 Å². The molecule has 0 heterocycles. The number of aliphatic hydroxyl groups is 1. The second-order valence-electron chi connectivity index (χ2n) is 6.16. The summed E-state index contributed by atoms with van der Waals surface area (Å²) in [6, 6.07) is 7.39. The van der Waals surface area contributed by atoms with E-state index in [4.69, 9.17) is 4.74 Å². The van der Waals surface area contributed by atoms with E-state index in [2.05, 4.69) is 0 Å². The molecule has 3 N–H and O–H groups in total. The largest absolute Gasteiger partial charge is 0.492 e. The Balaban J connectivity index is 2.48. The van der Waals surface area contributed by atoms with Crippen LogP contribution in [0.1, 0.15) is 30.5 Å². The van der Waals surface area contributed by atoms with Crippen molar-refractivity contribution in [3.8, 4) is 11.5 Å². The van der Waals surface area contributed by atoms with Gasteiger partial charge in [0.25, 0.3) is 0 Å². The lowest BCUT2D eigenvalue weighted by molar-refractivity contribution is 0.0786. The number of ether oxygens (including phenoxy) is 1. The van der Waals surface area contributed by atoms with Crippen molar-refractivity contribution in [2.75, 3.05) is 0 Å². The Morgan fingerprint density at radius 1 is 1.04 bits per heavy atom. The molecule has 0 atom stereocenters. The Morgan fingerprint density at radius 3 is 2.09 bits per heavy atom. The van der Waals surface area contributed by atoms with Crippen LogP contribution >= 0.6 is 0 Å². The molecule has 122 valence electrons.